The van der Waals surface area contributed by atoms with Crippen molar-refractivity contribution in [1.82, 2.24) is 9.55 Å². The zero-order chi connectivity index (χ0) is 12.1. The van der Waals surface area contributed by atoms with Gasteiger partial charge < -0.3 is 13.9 Å². The smallest absolute Gasteiger partial charge is 0.397 e. The Morgan fingerprint density at radius 2 is 1.75 bits per heavy atom. The van der Waals surface area contributed by atoms with E-state index in [0.717, 1.165) is 0 Å². The Kier molecular flexibility index (Phi) is 2.61. The molecule has 16 heavy (non-hydrogen) atoms. The van der Waals surface area contributed by atoms with E-state index in [2.05, 4.69) is 4.98 Å². The molecule has 88 valence electrons. The maximum atomic E-state index is 5.94. The lowest BCUT2D eigenvalue weighted by Crippen LogP contribution is -2.41. The lowest BCUT2D eigenvalue weighted by Gasteiger charge is -2.32. The summed E-state index contributed by atoms with van der Waals surface area (Å²) in [5.74, 6) is 0. The maximum absolute atomic E-state index is 5.94. The highest BCUT2D eigenvalue weighted by atomic mass is 35.5. The summed E-state index contributed by atoms with van der Waals surface area (Å²) in [6.07, 6.45) is 1.60. The second-order valence-corrected chi connectivity index (χ2v) is 5.47. The normalized spacial score (nSPS) is 22.8. The summed E-state index contributed by atoms with van der Waals surface area (Å²) in [4.78, 5) is 4.21. The zero-order valence-corrected chi connectivity index (χ0v) is 11.0. The van der Waals surface area contributed by atoms with Crippen LogP contribution in [0.25, 0.3) is 0 Å². The molecule has 1 aromatic heterocycles. The van der Waals surface area contributed by atoms with Crippen molar-refractivity contribution in [1.29, 1.82) is 0 Å². The zero-order valence-electron chi connectivity index (χ0n) is 10.2. The van der Waals surface area contributed by atoms with E-state index in [-0.39, 0.29) is 11.2 Å². The molecular weight excluding hydrogens is 226 g/mol. The van der Waals surface area contributed by atoms with Gasteiger partial charge >= 0.3 is 7.12 Å². The van der Waals surface area contributed by atoms with Crippen molar-refractivity contribution in [3.63, 3.8) is 0 Å². The van der Waals surface area contributed by atoms with Gasteiger partial charge in [0.2, 0.25) is 0 Å². The molecule has 0 spiro atoms. The van der Waals surface area contributed by atoms with Gasteiger partial charge in [-0.1, -0.05) is 11.6 Å². The van der Waals surface area contributed by atoms with Crippen LogP contribution in [0.4, 0.5) is 0 Å². The molecule has 0 amide bonds. The summed E-state index contributed by atoms with van der Waals surface area (Å²) >= 11 is 5.94. The minimum atomic E-state index is -0.456. The summed E-state index contributed by atoms with van der Waals surface area (Å²) in [6, 6.07) is 0. The Hall–Kier alpha value is -0.515. The summed E-state index contributed by atoms with van der Waals surface area (Å²) in [7, 11) is 1.39. The molecule has 1 saturated heterocycles. The monoisotopic (exact) mass is 242 g/mol. The largest absolute Gasteiger partial charge is 0.532 e. The van der Waals surface area contributed by atoms with Crippen molar-refractivity contribution in [2.75, 3.05) is 0 Å². The van der Waals surface area contributed by atoms with Crippen LogP contribution in [-0.2, 0) is 16.4 Å². The van der Waals surface area contributed by atoms with Gasteiger partial charge in [0.05, 0.1) is 17.4 Å². The van der Waals surface area contributed by atoms with Crippen LogP contribution in [0, 0.1) is 0 Å². The summed E-state index contributed by atoms with van der Waals surface area (Å²) in [5.41, 5.74) is -0.00437. The third-order valence-corrected chi connectivity index (χ3v) is 3.78. The molecule has 0 atom stereocenters. The average Bonchev–Trinajstić information content (AvgIpc) is 2.54. The van der Waals surface area contributed by atoms with E-state index < -0.39 is 7.12 Å². The van der Waals surface area contributed by atoms with Gasteiger partial charge in [-0.05, 0) is 27.7 Å². The van der Waals surface area contributed by atoms with E-state index in [1.54, 1.807) is 10.8 Å². The van der Waals surface area contributed by atoms with Crippen molar-refractivity contribution in [2.45, 2.75) is 38.9 Å². The van der Waals surface area contributed by atoms with Crippen molar-refractivity contribution < 1.29 is 9.31 Å². The quantitative estimate of drug-likeness (QED) is 0.698. The van der Waals surface area contributed by atoms with Crippen LogP contribution in [-0.4, -0.2) is 27.9 Å². The topological polar surface area (TPSA) is 36.3 Å². The first kappa shape index (κ1) is 12.0. The van der Waals surface area contributed by atoms with Crippen LogP contribution in [0.2, 0.25) is 5.15 Å². The Morgan fingerprint density at radius 1 is 1.25 bits per heavy atom. The fourth-order valence-corrected chi connectivity index (χ4v) is 1.70. The standard InChI is InChI=1S/C10H16BClN2O2/c1-9(2)10(3,4)16-11(15-9)8-13-6-7(12)14(8)5/h6H,1-5H3. The van der Waals surface area contributed by atoms with Crippen molar-refractivity contribution in [3.8, 4) is 0 Å². The van der Waals surface area contributed by atoms with Gasteiger partial charge in [-0.15, -0.1) is 0 Å². The molecule has 0 aliphatic carbocycles. The van der Waals surface area contributed by atoms with Crippen LogP contribution in [0.3, 0.4) is 0 Å². The highest BCUT2D eigenvalue weighted by Gasteiger charge is 2.53. The number of hydrogen-bond acceptors (Lipinski definition) is 3. The van der Waals surface area contributed by atoms with E-state index in [0.29, 0.717) is 10.9 Å². The number of rotatable bonds is 1. The van der Waals surface area contributed by atoms with E-state index in [4.69, 9.17) is 20.9 Å². The Labute approximate surface area is 101 Å². The van der Waals surface area contributed by atoms with Crippen molar-refractivity contribution in [2.24, 2.45) is 7.05 Å². The van der Waals surface area contributed by atoms with Crippen LogP contribution >= 0.6 is 11.6 Å². The molecule has 6 heteroatoms. The predicted octanol–water partition coefficient (Wildman–Crippen LogP) is 1.37. The average molecular weight is 243 g/mol. The SMILES string of the molecule is Cn1c(Cl)cnc1B1OC(C)(C)C(C)(C)O1. The molecular formula is C10H16BClN2O2. The van der Waals surface area contributed by atoms with Crippen LogP contribution in [0.5, 0.6) is 0 Å². The first-order chi connectivity index (χ1) is 7.24. The van der Waals surface area contributed by atoms with Gasteiger partial charge in [0.15, 0.2) is 0 Å². The fourth-order valence-electron chi connectivity index (χ4n) is 1.57. The van der Waals surface area contributed by atoms with Gasteiger partial charge in [0.1, 0.15) is 10.9 Å². The summed E-state index contributed by atoms with van der Waals surface area (Å²) < 4.78 is 13.5. The Balaban J connectivity index is 2.30. The van der Waals surface area contributed by atoms with E-state index in [1.807, 2.05) is 34.7 Å². The van der Waals surface area contributed by atoms with Gasteiger partial charge in [-0.25, -0.2) is 4.98 Å². The van der Waals surface area contributed by atoms with Crippen molar-refractivity contribution >= 4 is 24.4 Å². The molecule has 0 aromatic carbocycles. The molecule has 0 saturated carbocycles. The minimum Gasteiger partial charge on any atom is -0.397 e. The molecule has 1 aromatic rings. The van der Waals surface area contributed by atoms with Gasteiger partial charge in [0.25, 0.3) is 0 Å². The minimum absolute atomic E-state index is 0.351. The molecule has 0 unspecified atom stereocenters. The first-order valence-electron chi connectivity index (χ1n) is 5.27. The van der Waals surface area contributed by atoms with Crippen LogP contribution in [0.15, 0.2) is 6.20 Å². The van der Waals surface area contributed by atoms with Crippen LogP contribution in [0.1, 0.15) is 27.7 Å². The molecule has 2 rings (SSSR count). The third-order valence-electron chi connectivity index (χ3n) is 3.43. The van der Waals surface area contributed by atoms with E-state index in [9.17, 15) is 0 Å². The highest BCUT2D eigenvalue weighted by Crippen LogP contribution is 2.36. The van der Waals surface area contributed by atoms with Gasteiger partial charge in [-0.3, -0.25) is 0 Å². The predicted molar refractivity (Wildman–Crippen MR) is 63.9 cm³/mol. The molecule has 2 heterocycles. The molecule has 1 aliphatic heterocycles. The second kappa shape index (κ2) is 3.49. The van der Waals surface area contributed by atoms with Crippen LogP contribution < -0.4 is 5.72 Å². The number of aromatic nitrogens is 2. The van der Waals surface area contributed by atoms with Gasteiger partial charge in [0, 0.05) is 7.05 Å². The lowest BCUT2D eigenvalue weighted by atomic mass is 9.89. The highest BCUT2D eigenvalue weighted by molar-refractivity contribution is 6.60. The number of halogens is 1. The maximum Gasteiger partial charge on any atom is 0.532 e. The third kappa shape index (κ3) is 1.67. The van der Waals surface area contributed by atoms with Gasteiger partial charge in [-0.2, -0.15) is 0 Å². The van der Waals surface area contributed by atoms with Crippen molar-refractivity contribution in [3.05, 3.63) is 11.3 Å². The van der Waals surface area contributed by atoms with E-state index >= 15 is 0 Å². The molecule has 4 nitrogen and oxygen atoms in total. The summed E-state index contributed by atoms with van der Waals surface area (Å²) in [6.45, 7) is 8.05. The lowest BCUT2D eigenvalue weighted by molar-refractivity contribution is 0.00578. The molecule has 0 bridgehead atoms. The molecule has 1 aliphatic rings. The number of nitrogens with zero attached hydrogens (tertiary/aromatic N) is 2. The van der Waals surface area contributed by atoms with E-state index in [1.165, 1.54) is 0 Å². The Bertz CT molecular complexity index is 401. The molecule has 0 radical (unpaired) electrons. The fraction of sp³-hybridized carbons (Fsp3) is 0.700. The summed E-state index contributed by atoms with van der Waals surface area (Å²) in [5, 5.41) is 0.574. The second-order valence-electron chi connectivity index (χ2n) is 5.09. The Morgan fingerprint density at radius 3 is 2.12 bits per heavy atom. The molecule has 0 N–H and O–H groups in total. The number of imidazole rings is 1. The molecule has 1 fully saturated rings. The number of hydrogen-bond donors (Lipinski definition) is 0. The first-order valence-corrected chi connectivity index (χ1v) is 5.65.